The van der Waals surface area contributed by atoms with Crippen molar-refractivity contribution in [2.75, 3.05) is 20.1 Å². The van der Waals surface area contributed by atoms with E-state index in [-0.39, 0.29) is 5.82 Å². The van der Waals surface area contributed by atoms with Crippen LogP contribution in [-0.4, -0.2) is 26.1 Å². The Bertz CT molecular complexity index is 377. The Morgan fingerprint density at radius 2 is 2.06 bits per heavy atom. The van der Waals surface area contributed by atoms with E-state index >= 15 is 0 Å². The van der Waals surface area contributed by atoms with Crippen LogP contribution in [0.3, 0.4) is 0 Å². The average molecular weight is 251 g/mol. The molecule has 0 aromatic heterocycles. The van der Waals surface area contributed by atoms with Crippen LogP contribution >= 0.6 is 0 Å². The van der Waals surface area contributed by atoms with Gasteiger partial charge in [0.05, 0.1) is 0 Å². The van der Waals surface area contributed by atoms with Crippen molar-refractivity contribution in [1.29, 1.82) is 0 Å². The second-order valence-corrected chi connectivity index (χ2v) is 4.16. The molecule has 0 aliphatic rings. The molecule has 0 unspecified atom stereocenters. The predicted octanol–water partition coefficient (Wildman–Crippen LogP) is 2.33. The number of rotatable bonds is 6. The van der Waals surface area contributed by atoms with Crippen LogP contribution in [0.2, 0.25) is 0 Å². The Labute approximate surface area is 109 Å². The molecule has 0 aliphatic heterocycles. The second-order valence-electron chi connectivity index (χ2n) is 4.16. The van der Waals surface area contributed by atoms with Crippen molar-refractivity contribution in [3.05, 3.63) is 35.6 Å². The van der Waals surface area contributed by atoms with Gasteiger partial charge >= 0.3 is 0 Å². The average Bonchev–Trinajstić information content (AvgIpc) is 2.37. The SMILES string of the molecule is CCCCNC(=NC)NCCc1cccc(F)c1. The largest absolute Gasteiger partial charge is 0.356 e. The summed E-state index contributed by atoms with van der Waals surface area (Å²) in [4.78, 5) is 4.13. The van der Waals surface area contributed by atoms with Gasteiger partial charge in [-0.25, -0.2) is 4.39 Å². The topological polar surface area (TPSA) is 36.4 Å². The van der Waals surface area contributed by atoms with E-state index in [0.717, 1.165) is 43.9 Å². The number of hydrogen-bond acceptors (Lipinski definition) is 1. The molecule has 100 valence electrons. The highest BCUT2D eigenvalue weighted by Gasteiger charge is 1.98. The van der Waals surface area contributed by atoms with Gasteiger partial charge in [0.1, 0.15) is 5.82 Å². The maximum Gasteiger partial charge on any atom is 0.190 e. The van der Waals surface area contributed by atoms with E-state index in [0.29, 0.717) is 0 Å². The summed E-state index contributed by atoms with van der Waals surface area (Å²) in [6.45, 7) is 3.83. The number of benzene rings is 1. The molecule has 0 saturated carbocycles. The Kier molecular flexibility index (Phi) is 6.84. The van der Waals surface area contributed by atoms with E-state index in [4.69, 9.17) is 0 Å². The minimum Gasteiger partial charge on any atom is -0.356 e. The number of nitrogens with zero attached hydrogens (tertiary/aromatic N) is 1. The molecule has 0 fully saturated rings. The summed E-state index contributed by atoms with van der Waals surface area (Å²) >= 11 is 0. The van der Waals surface area contributed by atoms with Gasteiger partial charge in [0.15, 0.2) is 5.96 Å². The molecule has 1 aromatic carbocycles. The predicted molar refractivity (Wildman–Crippen MR) is 74.4 cm³/mol. The molecule has 0 bridgehead atoms. The molecular formula is C14H22FN3. The molecule has 0 spiro atoms. The van der Waals surface area contributed by atoms with Crippen molar-refractivity contribution in [1.82, 2.24) is 10.6 Å². The Morgan fingerprint density at radius 1 is 1.28 bits per heavy atom. The molecule has 0 aliphatic carbocycles. The summed E-state index contributed by atoms with van der Waals surface area (Å²) in [5.74, 6) is 0.623. The first-order valence-electron chi connectivity index (χ1n) is 6.45. The third-order valence-electron chi connectivity index (χ3n) is 2.64. The number of unbranched alkanes of at least 4 members (excludes halogenated alkanes) is 1. The van der Waals surface area contributed by atoms with Crippen LogP contribution < -0.4 is 10.6 Å². The molecule has 3 nitrogen and oxygen atoms in total. The van der Waals surface area contributed by atoms with Gasteiger partial charge in [0.25, 0.3) is 0 Å². The lowest BCUT2D eigenvalue weighted by atomic mass is 10.1. The van der Waals surface area contributed by atoms with Crippen LogP contribution in [-0.2, 0) is 6.42 Å². The summed E-state index contributed by atoms with van der Waals surface area (Å²) in [5, 5.41) is 6.45. The molecule has 0 radical (unpaired) electrons. The van der Waals surface area contributed by atoms with Gasteiger partial charge in [-0.05, 0) is 30.5 Å². The molecule has 0 atom stereocenters. The molecule has 0 amide bonds. The van der Waals surface area contributed by atoms with Crippen molar-refractivity contribution in [3.63, 3.8) is 0 Å². The molecular weight excluding hydrogens is 229 g/mol. The summed E-state index contributed by atoms with van der Waals surface area (Å²) in [5.41, 5.74) is 0.992. The first-order chi connectivity index (χ1) is 8.76. The number of nitrogens with one attached hydrogen (secondary N) is 2. The molecule has 0 saturated heterocycles. The highest BCUT2D eigenvalue weighted by atomic mass is 19.1. The Morgan fingerprint density at radius 3 is 2.72 bits per heavy atom. The number of guanidine groups is 1. The van der Waals surface area contributed by atoms with E-state index in [1.54, 1.807) is 19.2 Å². The van der Waals surface area contributed by atoms with Crippen LogP contribution in [0.1, 0.15) is 25.3 Å². The molecule has 1 aromatic rings. The summed E-state index contributed by atoms with van der Waals surface area (Å²) < 4.78 is 13.0. The van der Waals surface area contributed by atoms with Gasteiger partial charge in [0.2, 0.25) is 0 Å². The monoisotopic (exact) mass is 251 g/mol. The highest BCUT2D eigenvalue weighted by molar-refractivity contribution is 5.79. The van der Waals surface area contributed by atoms with Crippen LogP contribution in [0.4, 0.5) is 4.39 Å². The summed E-state index contributed by atoms with van der Waals surface area (Å²) in [7, 11) is 1.75. The van der Waals surface area contributed by atoms with Crippen molar-refractivity contribution in [2.45, 2.75) is 26.2 Å². The zero-order chi connectivity index (χ0) is 13.2. The molecule has 0 heterocycles. The Balaban J connectivity index is 2.27. The molecule has 4 heteroatoms. The quantitative estimate of drug-likeness (QED) is 0.462. The number of aliphatic imine (C=N–C) groups is 1. The normalized spacial score (nSPS) is 11.4. The zero-order valence-electron chi connectivity index (χ0n) is 11.2. The van der Waals surface area contributed by atoms with Crippen LogP contribution in [0, 0.1) is 5.82 Å². The number of halogens is 1. The van der Waals surface area contributed by atoms with Gasteiger partial charge < -0.3 is 10.6 Å². The minimum absolute atomic E-state index is 0.182. The van der Waals surface area contributed by atoms with Gasteiger partial charge in [-0.1, -0.05) is 25.5 Å². The first-order valence-corrected chi connectivity index (χ1v) is 6.45. The van der Waals surface area contributed by atoms with Crippen molar-refractivity contribution in [3.8, 4) is 0 Å². The van der Waals surface area contributed by atoms with Gasteiger partial charge in [0, 0.05) is 20.1 Å². The molecule has 2 N–H and O–H groups in total. The standard InChI is InChI=1S/C14H22FN3/c1-3-4-9-17-14(16-2)18-10-8-12-6-5-7-13(15)11-12/h5-7,11H,3-4,8-10H2,1-2H3,(H2,16,17,18). The van der Waals surface area contributed by atoms with E-state index in [2.05, 4.69) is 22.5 Å². The lowest BCUT2D eigenvalue weighted by Gasteiger charge is -2.11. The van der Waals surface area contributed by atoms with E-state index < -0.39 is 0 Å². The molecule has 18 heavy (non-hydrogen) atoms. The minimum atomic E-state index is -0.182. The van der Waals surface area contributed by atoms with Crippen LogP contribution in [0.5, 0.6) is 0 Å². The van der Waals surface area contributed by atoms with E-state index in [1.165, 1.54) is 6.07 Å². The smallest absolute Gasteiger partial charge is 0.190 e. The van der Waals surface area contributed by atoms with Crippen LogP contribution in [0.25, 0.3) is 0 Å². The fourth-order valence-corrected chi connectivity index (χ4v) is 1.62. The van der Waals surface area contributed by atoms with Crippen molar-refractivity contribution in [2.24, 2.45) is 4.99 Å². The van der Waals surface area contributed by atoms with Crippen LogP contribution in [0.15, 0.2) is 29.3 Å². The first kappa shape index (κ1) is 14.5. The van der Waals surface area contributed by atoms with E-state index in [1.807, 2.05) is 6.07 Å². The summed E-state index contributed by atoms with van der Waals surface area (Å²) in [6.07, 6.45) is 3.07. The lowest BCUT2D eigenvalue weighted by Crippen LogP contribution is -2.38. The second kappa shape index (κ2) is 8.50. The van der Waals surface area contributed by atoms with Gasteiger partial charge in [-0.15, -0.1) is 0 Å². The Hall–Kier alpha value is -1.58. The number of hydrogen-bond donors (Lipinski definition) is 2. The van der Waals surface area contributed by atoms with Gasteiger partial charge in [-0.2, -0.15) is 0 Å². The van der Waals surface area contributed by atoms with Crippen molar-refractivity contribution >= 4 is 5.96 Å². The van der Waals surface area contributed by atoms with E-state index in [9.17, 15) is 4.39 Å². The third-order valence-corrected chi connectivity index (χ3v) is 2.64. The maximum absolute atomic E-state index is 13.0. The third kappa shape index (κ3) is 5.66. The van der Waals surface area contributed by atoms with Gasteiger partial charge in [-0.3, -0.25) is 4.99 Å². The summed E-state index contributed by atoms with van der Waals surface area (Å²) in [6, 6.07) is 6.69. The fraction of sp³-hybridized carbons (Fsp3) is 0.500. The van der Waals surface area contributed by atoms with Crippen molar-refractivity contribution < 1.29 is 4.39 Å². The fourth-order valence-electron chi connectivity index (χ4n) is 1.62. The zero-order valence-corrected chi connectivity index (χ0v) is 11.2. The lowest BCUT2D eigenvalue weighted by molar-refractivity contribution is 0.625. The molecule has 1 rings (SSSR count). The maximum atomic E-state index is 13.0. The highest BCUT2D eigenvalue weighted by Crippen LogP contribution is 2.03.